The van der Waals surface area contributed by atoms with Crippen molar-refractivity contribution in [3.63, 3.8) is 0 Å². The fourth-order valence-electron chi connectivity index (χ4n) is 2.77. The molecule has 1 aromatic carbocycles. The molecule has 0 aliphatic carbocycles. The highest BCUT2D eigenvalue weighted by Crippen LogP contribution is 2.26. The van der Waals surface area contributed by atoms with Crippen LogP contribution >= 0.6 is 11.3 Å². The van der Waals surface area contributed by atoms with Crippen molar-refractivity contribution in [3.8, 4) is 0 Å². The zero-order valence-electron chi connectivity index (χ0n) is 13.3. The van der Waals surface area contributed by atoms with Crippen LogP contribution in [0.3, 0.4) is 0 Å². The van der Waals surface area contributed by atoms with E-state index in [9.17, 15) is 4.39 Å². The minimum absolute atomic E-state index is 0.0904. The van der Waals surface area contributed by atoms with Crippen molar-refractivity contribution in [2.75, 3.05) is 6.61 Å². The molecule has 0 amide bonds. The summed E-state index contributed by atoms with van der Waals surface area (Å²) < 4.78 is 16.2. The Morgan fingerprint density at radius 1 is 1.26 bits per heavy atom. The molecule has 0 bridgehead atoms. The van der Waals surface area contributed by atoms with Gasteiger partial charge in [-0.05, 0) is 43.5 Å². The summed E-state index contributed by atoms with van der Waals surface area (Å²) in [7, 11) is 0. The van der Waals surface area contributed by atoms with Crippen LogP contribution in [0.15, 0.2) is 24.3 Å². The number of aromatic nitrogens is 2. The van der Waals surface area contributed by atoms with Gasteiger partial charge in [-0.2, -0.15) is 5.10 Å². The fraction of sp³-hybridized carbons (Fsp3) is 0.353. The Balaban J connectivity index is 1.66. The number of aliphatic hydroxyl groups excluding tert-OH is 1. The summed E-state index contributed by atoms with van der Waals surface area (Å²) in [5.41, 5.74) is 3.25. The topological polar surface area (TPSA) is 50.1 Å². The predicted molar refractivity (Wildman–Crippen MR) is 91.1 cm³/mol. The van der Waals surface area contributed by atoms with Crippen molar-refractivity contribution in [1.82, 2.24) is 15.1 Å². The van der Waals surface area contributed by atoms with Crippen LogP contribution in [0.25, 0.3) is 10.1 Å². The van der Waals surface area contributed by atoms with E-state index in [2.05, 4.69) is 10.4 Å². The maximum Gasteiger partial charge on any atom is 0.123 e. The largest absolute Gasteiger partial charge is 0.394 e. The number of aryl methyl sites for hydroxylation is 1. The third-order valence-electron chi connectivity index (χ3n) is 3.97. The van der Waals surface area contributed by atoms with E-state index < -0.39 is 0 Å². The van der Waals surface area contributed by atoms with Crippen LogP contribution in [-0.4, -0.2) is 21.5 Å². The number of benzene rings is 1. The number of thiophene rings is 1. The second-order valence-electron chi connectivity index (χ2n) is 5.59. The lowest BCUT2D eigenvalue weighted by molar-refractivity contribution is 0.267. The van der Waals surface area contributed by atoms with E-state index in [1.54, 1.807) is 17.4 Å². The second-order valence-corrected chi connectivity index (χ2v) is 6.76. The highest BCUT2D eigenvalue weighted by atomic mass is 32.1. The molecule has 0 radical (unpaired) electrons. The van der Waals surface area contributed by atoms with Crippen LogP contribution in [-0.2, 0) is 19.6 Å². The third kappa shape index (κ3) is 3.44. The van der Waals surface area contributed by atoms with E-state index in [1.165, 1.54) is 16.5 Å². The Hall–Kier alpha value is -1.76. The van der Waals surface area contributed by atoms with Gasteiger partial charge >= 0.3 is 0 Å². The molecular weight excluding hydrogens is 313 g/mol. The maximum atomic E-state index is 13.2. The Labute approximate surface area is 138 Å². The van der Waals surface area contributed by atoms with Crippen molar-refractivity contribution in [3.05, 3.63) is 51.9 Å². The summed E-state index contributed by atoms with van der Waals surface area (Å²) in [6.07, 6.45) is 0. The predicted octanol–water partition coefficient (Wildman–Crippen LogP) is 3.14. The highest BCUT2D eigenvalue weighted by Gasteiger charge is 2.11. The molecule has 0 aliphatic heterocycles. The van der Waals surface area contributed by atoms with Gasteiger partial charge in [0.25, 0.3) is 0 Å². The quantitative estimate of drug-likeness (QED) is 0.729. The molecule has 0 fully saturated rings. The fourth-order valence-corrected chi connectivity index (χ4v) is 3.78. The average molecular weight is 333 g/mol. The number of hydrogen-bond donors (Lipinski definition) is 2. The number of hydrogen-bond acceptors (Lipinski definition) is 4. The smallest absolute Gasteiger partial charge is 0.123 e. The molecule has 3 rings (SSSR count). The molecular formula is C17H20FN3OS. The first kappa shape index (κ1) is 16.1. The van der Waals surface area contributed by atoms with E-state index in [1.807, 2.05) is 30.7 Å². The van der Waals surface area contributed by atoms with E-state index >= 15 is 0 Å². The number of fused-ring (bicyclic) bond motifs is 1. The van der Waals surface area contributed by atoms with Gasteiger partial charge < -0.3 is 10.4 Å². The van der Waals surface area contributed by atoms with E-state index in [4.69, 9.17) is 5.11 Å². The van der Waals surface area contributed by atoms with Crippen LogP contribution in [0.4, 0.5) is 4.39 Å². The van der Waals surface area contributed by atoms with Crippen molar-refractivity contribution in [2.45, 2.75) is 33.5 Å². The lowest BCUT2D eigenvalue weighted by atomic mass is 10.2. The average Bonchev–Trinajstić information content (AvgIpc) is 3.02. The Bertz CT molecular complexity index is 825. The molecule has 0 saturated heterocycles. The summed E-state index contributed by atoms with van der Waals surface area (Å²) in [6, 6.07) is 6.93. The van der Waals surface area contributed by atoms with Gasteiger partial charge in [-0.15, -0.1) is 11.3 Å². The van der Waals surface area contributed by atoms with Gasteiger partial charge in [-0.1, -0.05) is 0 Å². The number of nitrogens with one attached hydrogen (secondary N) is 1. The molecule has 0 atom stereocenters. The van der Waals surface area contributed by atoms with Gasteiger partial charge in [0.1, 0.15) is 5.82 Å². The minimum atomic E-state index is -0.197. The summed E-state index contributed by atoms with van der Waals surface area (Å²) in [6.45, 7) is 6.09. The standard InChI is InChI=1S/C17H20FN3OS/c1-11-16(12(2)21(20-11)5-6-22)10-19-9-15-8-13-7-14(18)3-4-17(13)23-15/h3-4,7-8,19,22H,5-6,9-10H2,1-2H3. The molecule has 2 N–H and O–H groups in total. The first-order valence-electron chi connectivity index (χ1n) is 7.61. The van der Waals surface area contributed by atoms with Crippen LogP contribution < -0.4 is 5.32 Å². The number of aliphatic hydroxyl groups is 1. The van der Waals surface area contributed by atoms with Crippen molar-refractivity contribution >= 4 is 21.4 Å². The maximum absolute atomic E-state index is 13.2. The highest BCUT2D eigenvalue weighted by molar-refractivity contribution is 7.19. The summed E-state index contributed by atoms with van der Waals surface area (Å²) in [5, 5.41) is 17.9. The first-order chi connectivity index (χ1) is 11.1. The molecule has 0 saturated carbocycles. The molecule has 4 nitrogen and oxygen atoms in total. The zero-order valence-corrected chi connectivity index (χ0v) is 14.1. The van der Waals surface area contributed by atoms with Gasteiger partial charge in [-0.3, -0.25) is 4.68 Å². The Morgan fingerprint density at radius 2 is 2.09 bits per heavy atom. The summed E-state index contributed by atoms with van der Waals surface area (Å²) in [4.78, 5) is 1.18. The van der Waals surface area contributed by atoms with Crippen LogP contribution in [0.1, 0.15) is 21.8 Å². The van der Waals surface area contributed by atoms with Crippen molar-refractivity contribution in [1.29, 1.82) is 0 Å². The molecule has 2 aromatic heterocycles. The van der Waals surface area contributed by atoms with E-state index in [0.29, 0.717) is 6.54 Å². The molecule has 3 aromatic rings. The lowest BCUT2D eigenvalue weighted by Crippen LogP contribution is -2.13. The first-order valence-corrected chi connectivity index (χ1v) is 8.42. The van der Waals surface area contributed by atoms with Crippen molar-refractivity contribution in [2.24, 2.45) is 0 Å². The number of rotatable bonds is 6. The zero-order chi connectivity index (χ0) is 16.4. The monoisotopic (exact) mass is 333 g/mol. The second kappa shape index (κ2) is 6.78. The van der Waals surface area contributed by atoms with Gasteiger partial charge in [-0.25, -0.2) is 4.39 Å². The van der Waals surface area contributed by atoms with E-state index in [0.717, 1.165) is 34.6 Å². The lowest BCUT2D eigenvalue weighted by Gasteiger charge is -2.05. The molecule has 23 heavy (non-hydrogen) atoms. The summed E-state index contributed by atoms with van der Waals surface area (Å²) in [5.74, 6) is -0.197. The minimum Gasteiger partial charge on any atom is -0.394 e. The Kier molecular flexibility index (Phi) is 4.75. The van der Waals surface area contributed by atoms with E-state index in [-0.39, 0.29) is 12.4 Å². The van der Waals surface area contributed by atoms with Crippen molar-refractivity contribution < 1.29 is 9.50 Å². The molecule has 2 heterocycles. The van der Waals surface area contributed by atoms with Gasteiger partial charge in [0.05, 0.1) is 18.8 Å². The molecule has 0 spiro atoms. The van der Waals surface area contributed by atoms with Crippen LogP contribution in [0.2, 0.25) is 0 Å². The SMILES string of the molecule is Cc1nn(CCO)c(C)c1CNCc1cc2cc(F)ccc2s1. The molecule has 0 unspecified atom stereocenters. The van der Waals surface area contributed by atoms with Gasteiger partial charge in [0.2, 0.25) is 0 Å². The third-order valence-corrected chi connectivity index (χ3v) is 5.09. The Morgan fingerprint density at radius 3 is 2.87 bits per heavy atom. The normalized spacial score (nSPS) is 11.5. The molecule has 6 heteroatoms. The van der Waals surface area contributed by atoms with Gasteiger partial charge in [0, 0.05) is 33.9 Å². The molecule has 0 aliphatic rings. The van der Waals surface area contributed by atoms with Gasteiger partial charge in [0.15, 0.2) is 0 Å². The van der Waals surface area contributed by atoms with Crippen LogP contribution in [0, 0.1) is 19.7 Å². The number of nitrogens with zero attached hydrogens (tertiary/aromatic N) is 2. The number of halogens is 1. The van der Waals surface area contributed by atoms with Crippen LogP contribution in [0.5, 0.6) is 0 Å². The molecule has 122 valence electrons. The summed E-state index contributed by atoms with van der Waals surface area (Å²) >= 11 is 1.68.